The van der Waals surface area contributed by atoms with Gasteiger partial charge in [0, 0.05) is 23.0 Å². The number of nitrogens with one attached hydrogen (secondary N) is 2. The van der Waals surface area contributed by atoms with Crippen LogP contribution >= 0.6 is 15.9 Å². The van der Waals surface area contributed by atoms with Crippen LogP contribution in [0.15, 0.2) is 33.7 Å². The van der Waals surface area contributed by atoms with Gasteiger partial charge in [0.15, 0.2) is 5.96 Å². The van der Waals surface area contributed by atoms with Crippen LogP contribution in [0.5, 0.6) is 0 Å². The van der Waals surface area contributed by atoms with Crippen molar-refractivity contribution >= 4 is 21.9 Å². The van der Waals surface area contributed by atoms with Gasteiger partial charge in [0.25, 0.3) is 0 Å². The second-order valence-corrected chi connectivity index (χ2v) is 7.74. The highest BCUT2D eigenvalue weighted by Gasteiger charge is 2.43. The molecular formula is C18H24BrN3O. The molecule has 4 rings (SSSR count). The molecule has 4 nitrogen and oxygen atoms in total. The maximum Gasteiger partial charge on any atom is 0.191 e. The monoisotopic (exact) mass is 377 g/mol. The molecule has 3 aliphatic rings. The summed E-state index contributed by atoms with van der Waals surface area (Å²) in [6.07, 6.45) is 5.56. The van der Waals surface area contributed by atoms with E-state index in [-0.39, 0.29) is 0 Å². The molecule has 0 amide bonds. The Bertz CT molecular complexity index is 588. The highest BCUT2D eigenvalue weighted by Crippen LogP contribution is 2.41. The molecule has 124 valence electrons. The van der Waals surface area contributed by atoms with Gasteiger partial charge in [-0.2, -0.15) is 0 Å². The highest BCUT2D eigenvalue weighted by molar-refractivity contribution is 9.10. The van der Waals surface area contributed by atoms with Crippen molar-refractivity contribution in [2.45, 2.75) is 62.8 Å². The Labute approximate surface area is 146 Å². The predicted molar refractivity (Wildman–Crippen MR) is 95.8 cm³/mol. The van der Waals surface area contributed by atoms with E-state index in [4.69, 9.17) is 4.74 Å². The Balaban J connectivity index is 1.34. The van der Waals surface area contributed by atoms with Crippen LogP contribution < -0.4 is 10.6 Å². The highest BCUT2D eigenvalue weighted by atomic mass is 79.9. The van der Waals surface area contributed by atoms with E-state index < -0.39 is 0 Å². The summed E-state index contributed by atoms with van der Waals surface area (Å²) in [6, 6.07) is 9.59. The van der Waals surface area contributed by atoms with Crippen molar-refractivity contribution in [2.75, 3.05) is 6.54 Å². The van der Waals surface area contributed by atoms with E-state index in [1.807, 2.05) is 0 Å². The molecule has 0 spiro atoms. The van der Waals surface area contributed by atoms with E-state index in [1.54, 1.807) is 0 Å². The molecule has 2 saturated heterocycles. The third-order valence-electron chi connectivity index (χ3n) is 5.16. The Morgan fingerprint density at radius 2 is 1.96 bits per heavy atom. The molecule has 5 atom stereocenters. The summed E-state index contributed by atoms with van der Waals surface area (Å²) < 4.78 is 7.07. The minimum atomic E-state index is 0.380. The Morgan fingerprint density at radius 3 is 2.61 bits per heavy atom. The van der Waals surface area contributed by atoms with Gasteiger partial charge in [-0.15, -0.1) is 0 Å². The van der Waals surface area contributed by atoms with Crippen LogP contribution in [-0.2, 0) is 4.74 Å². The number of hydrogen-bond donors (Lipinski definition) is 2. The van der Waals surface area contributed by atoms with Crippen molar-refractivity contribution in [1.82, 2.24) is 10.6 Å². The first-order valence-electron chi connectivity index (χ1n) is 8.71. The number of guanidine groups is 1. The summed E-state index contributed by atoms with van der Waals surface area (Å²) in [5.41, 5.74) is 1.41. The van der Waals surface area contributed by atoms with Gasteiger partial charge in [-0.1, -0.05) is 28.1 Å². The lowest BCUT2D eigenvalue weighted by molar-refractivity contribution is 0.0992. The van der Waals surface area contributed by atoms with Crippen LogP contribution in [0.25, 0.3) is 0 Å². The molecule has 2 aliphatic heterocycles. The zero-order valence-corrected chi connectivity index (χ0v) is 15.1. The van der Waals surface area contributed by atoms with Crippen molar-refractivity contribution in [3.05, 3.63) is 34.3 Å². The summed E-state index contributed by atoms with van der Waals surface area (Å²) in [6.45, 7) is 2.88. The Morgan fingerprint density at radius 1 is 1.17 bits per heavy atom. The molecule has 1 aromatic rings. The van der Waals surface area contributed by atoms with Crippen LogP contribution in [0.2, 0.25) is 0 Å². The van der Waals surface area contributed by atoms with Crippen LogP contribution in [0.4, 0.5) is 0 Å². The maximum absolute atomic E-state index is 5.94. The third-order valence-corrected chi connectivity index (χ3v) is 5.68. The number of halogens is 1. The number of fused-ring (bicyclic) bond motifs is 2. The van der Waals surface area contributed by atoms with Crippen molar-refractivity contribution in [1.29, 1.82) is 0 Å². The van der Waals surface area contributed by atoms with Crippen LogP contribution in [0.1, 0.15) is 44.1 Å². The predicted octanol–water partition coefficient (Wildman–Crippen LogP) is 3.18. The number of ether oxygens (including phenoxy) is 1. The molecule has 2 N–H and O–H groups in total. The Kier molecular flexibility index (Phi) is 4.33. The number of rotatable bonds is 4. The van der Waals surface area contributed by atoms with Crippen molar-refractivity contribution in [3.63, 3.8) is 0 Å². The lowest BCUT2D eigenvalue weighted by Crippen LogP contribution is -2.48. The summed E-state index contributed by atoms with van der Waals surface area (Å²) in [5.74, 6) is 1.56. The van der Waals surface area contributed by atoms with Gasteiger partial charge in [0.05, 0.1) is 18.2 Å². The van der Waals surface area contributed by atoms with Crippen LogP contribution in [0, 0.1) is 0 Å². The Hall–Kier alpha value is -1.07. The molecule has 23 heavy (non-hydrogen) atoms. The minimum absolute atomic E-state index is 0.380. The largest absolute Gasteiger partial charge is 0.373 e. The maximum atomic E-state index is 5.94. The lowest BCUT2D eigenvalue weighted by atomic mass is 9.96. The fraction of sp³-hybridized carbons (Fsp3) is 0.611. The van der Waals surface area contributed by atoms with E-state index in [0.29, 0.717) is 30.2 Å². The second-order valence-electron chi connectivity index (χ2n) is 6.83. The summed E-state index contributed by atoms with van der Waals surface area (Å²) >= 11 is 3.50. The molecule has 2 bridgehead atoms. The van der Waals surface area contributed by atoms with Gasteiger partial charge in [-0.05, 0) is 50.3 Å². The molecule has 1 saturated carbocycles. The van der Waals surface area contributed by atoms with E-state index in [0.717, 1.165) is 23.4 Å². The van der Waals surface area contributed by atoms with Gasteiger partial charge in [0.1, 0.15) is 0 Å². The zero-order chi connectivity index (χ0) is 15.8. The lowest BCUT2D eigenvalue weighted by Gasteiger charge is -2.23. The van der Waals surface area contributed by atoms with E-state index in [2.05, 4.69) is 62.7 Å². The third kappa shape index (κ3) is 3.41. The molecule has 0 aromatic heterocycles. The molecular weight excluding hydrogens is 354 g/mol. The number of nitrogens with zero attached hydrogens (tertiary/aromatic N) is 1. The van der Waals surface area contributed by atoms with Crippen LogP contribution in [0.3, 0.4) is 0 Å². The van der Waals surface area contributed by atoms with Gasteiger partial charge in [-0.25, -0.2) is 0 Å². The topological polar surface area (TPSA) is 45.7 Å². The molecule has 5 unspecified atom stereocenters. The van der Waals surface area contributed by atoms with E-state index in [1.165, 1.54) is 24.8 Å². The number of aliphatic imine (C=N–C) groups is 1. The van der Waals surface area contributed by atoms with Gasteiger partial charge in [0.2, 0.25) is 0 Å². The number of benzene rings is 1. The summed E-state index contributed by atoms with van der Waals surface area (Å²) in [4.78, 5) is 4.62. The average molecular weight is 378 g/mol. The molecule has 5 heteroatoms. The normalized spacial score (nSPS) is 35.4. The van der Waals surface area contributed by atoms with Crippen molar-refractivity contribution in [3.8, 4) is 0 Å². The standard InChI is InChI=1S/C18H24BrN3O/c1-2-20-18(22-16-9-13-7-8-17(16)23-13)21-15-10-14(15)11-3-5-12(19)6-4-11/h3-6,13-17H,2,7-10H2,1H3,(H2,20,21,22). The van der Waals surface area contributed by atoms with Gasteiger partial charge >= 0.3 is 0 Å². The second kappa shape index (κ2) is 6.44. The van der Waals surface area contributed by atoms with E-state index in [9.17, 15) is 0 Å². The van der Waals surface area contributed by atoms with Gasteiger partial charge < -0.3 is 15.4 Å². The average Bonchev–Trinajstić information content (AvgIpc) is 2.99. The first-order chi connectivity index (χ1) is 11.2. The molecule has 2 heterocycles. The minimum Gasteiger partial charge on any atom is -0.373 e. The first-order valence-corrected chi connectivity index (χ1v) is 9.50. The number of hydrogen-bond acceptors (Lipinski definition) is 2. The smallest absolute Gasteiger partial charge is 0.191 e. The van der Waals surface area contributed by atoms with Crippen LogP contribution in [-0.4, -0.2) is 36.8 Å². The van der Waals surface area contributed by atoms with Gasteiger partial charge in [-0.3, -0.25) is 4.99 Å². The summed E-state index contributed by atoms with van der Waals surface area (Å²) in [7, 11) is 0. The zero-order valence-electron chi connectivity index (χ0n) is 13.5. The van der Waals surface area contributed by atoms with Crippen molar-refractivity contribution < 1.29 is 4.74 Å². The molecule has 1 aliphatic carbocycles. The SMILES string of the molecule is CCN=C(NC1CC2CCC1O2)NC1CC1c1ccc(Br)cc1. The molecule has 3 fully saturated rings. The van der Waals surface area contributed by atoms with Crippen molar-refractivity contribution in [2.24, 2.45) is 4.99 Å². The van der Waals surface area contributed by atoms with E-state index >= 15 is 0 Å². The molecule has 1 aromatic carbocycles. The first kappa shape index (κ1) is 15.5. The summed E-state index contributed by atoms with van der Waals surface area (Å²) in [5, 5.41) is 7.22. The fourth-order valence-electron chi connectivity index (χ4n) is 3.86. The fourth-order valence-corrected chi connectivity index (χ4v) is 4.13. The molecule has 0 radical (unpaired) electrons. The quantitative estimate of drug-likeness (QED) is 0.625.